The maximum atomic E-state index is 12.8. The number of anilines is 1. The van der Waals surface area contributed by atoms with Crippen LogP contribution >= 0.6 is 0 Å². The topological polar surface area (TPSA) is 94.8 Å². The first kappa shape index (κ1) is 20.2. The number of amides is 1. The molecule has 3 heterocycles. The van der Waals surface area contributed by atoms with Gasteiger partial charge in [0.25, 0.3) is 5.91 Å². The molecule has 0 saturated carbocycles. The van der Waals surface area contributed by atoms with Crippen LogP contribution in [0.4, 0.5) is 5.82 Å². The fourth-order valence-corrected chi connectivity index (χ4v) is 2.99. The highest BCUT2D eigenvalue weighted by atomic mass is 16.5. The van der Waals surface area contributed by atoms with Crippen LogP contribution in [0.1, 0.15) is 35.8 Å². The molecule has 4 aromatic rings. The molecule has 8 heteroatoms. The number of aryl methyl sites for hydroxylation is 1. The van der Waals surface area contributed by atoms with Crippen LogP contribution in [-0.4, -0.2) is 30.6 Å². The average Bonchev–Trinajstić information content (AvgIpc) is 3.27. The van der Waals surface area contributed by atoms with Gasteiger partial charge in [0, 0.05) is 23.9 Å². The monoisotopic (exact) mass is 414 g/mol. The Kier molecular flexibility index (Phi) is 5.70. The van der Waals surface area contributed by atoms with Crippen LogP contribution in [0.5, 0.6) is 11.6 Å². The molecule has 156 valence electrons. The third kappa shape index (κ3) is 4.58. The van der Waals surface area contributed by atoms with Crippen molar-refractivity contribution < 1.29 is 9.53 Å². The van der Waals surface area contributed by atoms with Crippen LogP contribution in [-0.2, 0) is 0 Å². The molecule has 0 saturated heterocycles. The van der Waals surface area contributed by atoms with E-state index in [2.05, 4.69) is 25.5 Å². The Morgan fingerprint density at radius 3 is 2.74 bits per heavy atom. The molecule has 1 aromatic carbocycles. The number of hydrogen-bond donors (Lipinski definition) is 1. The van der Waals surface area contributed by atoms with E-state index in [0.29, 0.717) is 34.5 Å². The zero-order valence-electron chi connectivity index (χ0n) is 17.5. The molecule has 3 aromatic heterocycles. The van der Waals surface area contributed by atoms with Gasteiger partial charge in [-0.25, -0.2) is 9.97 Å². The van der Waals surface area contributed by atoms with Gasteiger partial charge in [-0.3, -0.25) is 4.79 Å². The third-order valence-electron chi connectivity index (χ3n) is 4.65. The average molecular weight is 414 g/mol. The van der Waals surface area contributed by atoms with E-state index in [1.54, 1.807) is 36.8 Å². The maximum absolute atomic E-state index is 12.8. The number of aromatic nitrogens is 5. The van der Waals surface area contributed by atoms with E-state index in [-0.39, 0.29) is 11.9 Å². The highest BCUT2D eigenvalue weighted by Gasteiger charge is 2.14. The van der Waals surface area contributed by atoms with Crippen molar-refractivity contribution in [2.75, 3.05) is 5.32 Å². The number of nitrogens with one attached hydrogen (secondary N) is 1. The Morgan fingerprint density at radius 1 is 1.10 bits per heavy atom. The van der Waals surface area contributed by atoms with E-state index in [1.165, 1.54) is 0 Å². The van der Waals surface area contributed by atoms with Crippen molar-refractivity contribution in [3.63, 3.8) is 0 Å². The third-order valence-corrected chi connectivity index (χ3v) is 4.65. The first-order valence-electron chi connectivity index (χ1n) is 9.89. The van der Waals surface area contributed by atoms with Crippen LogP contribution in [0.15, 0.2) is 67.1 Å². The van der Waals surface area contributed by atoms with Gasteiger partial charge in [0.2, 0.25) is 5.88 Å². The fourth-order valence-electron chi connectivity index (χ4n) is 2.99. The fraction of sp³-hybridized carbons (Fsp3) is 0.174. The lowest BCUT2D eigenvalue weighted by Crippen LogP contribution is -2.13. The van der Waals surface area contributed by atoms with E-state index >= 15 is 0 Å². The predicted octanol–water partition coefficient (Wildman–Crippen LogP) is 4.67. The molecule has 0 fully saturated rings. The van der Waals surface area contributed by atoms with Gasteiger partial charge in [0.05, 0.1) is 0 Å². The summed E-state index contributed by atoms with van der Waals surface area (Å²) in [5, 5.41) is 11.0. The molecule has 31 heavy (non-hydrogen) atoms. The predicted molar refractivity (Wildman–Crippen MR) is 117 cm³/mol. The number of carbonyl (C=O) groups excluding carboxylic acids is 1. The molecule has 0 atom stereocenters. The van der Waals surface area contributed by atoms with Crippen LogP contribution in [0.2, 0.25) is 0 Å². The van der Waals surface area contributed by atoms with Crippen molar-refractivity contribution >= 4 is 11.7 Å². The van der Waals surface area contributed by atoms with E-state index in [0.717, 1.165) is 5.56 Å². The van der Waals surface area contributed by atoms with Gasteiger partial charge in [-0.2, -0.15) is 0 Å². The maximum Gasteiger partial charge on any atom is 0.256 e. The van der Waals surface area contributed by atoms with Crippen molar-refractivity contribution in [1.82, 2.24) is 24.7 Å². The molecule has 0 unspecified atom stereocenters. The van der Waals surface area contributed by atoms with Gasteiger partial charge in [-0.1, -0.05) is 18.2 Å². The smallest absolute Gasteiger partial charge is 0.256 e. The lowest BCUT2D eigenvalue weighted by molar-refractivity contribution is 0.102. The van der Waals surface area contributed by atoms with Gasteiger partial charge in [0.15, 0.2) is 5.82 Å². The molecule has 1 N–H and O–H groups in total. The summed E-state index contributed by atoms with van der Waals surface area (Å²) >= 11 is 0. The summed E-state index contributed by atoms with van der Waals surface area (Å²) in [6.45, 7) is 6.00. The van der Waals surface area contributed by atoms with E-state index in [4.69, 9.17) is 4.74 Å². The number of benzene rings is 1. The van der Waals surface area contributed by atoms with Gasteiger partial charge in [-0.05, 0) is 56.7 Å². The zero-order valence-corrected chi connectivity index (χ0v) is 17.5. The molecule has 4 rings (SSSR count). The first-order chi connectivity index (χ1) is 15.0. The minimum absolute atomic E-state index is 0.190. The molecule has 0 aliphatic rings. The minimum Gasteiger partial charge on any atom is -0.439 e. The molecular formula is C23H22N6O2. The number of rotatable bonds is 6. The Hall–Kier alpha value is -4.07. The van der Waals surface area contributed by atoms with Crippen molar-refractivity contribution in [2.24, 2.45) is 0 Å². The second-order valence-electron chi connectivity index (χ2n) is 7.27. The van der Waals surface area contributed by atoms with E-state index in [9.17, 15) is 4.79 Å². The Balaban J connectivity index is 1.55. The van der Waals surface area contributed by atoms with Crippen LogP contribution in [0.25, 0.3) is 11.5 Å². The summed E-state index contributed by atoms with van der Waals surface area (Å²) < 4.78 is 7.75. The number of ether oxygens (including phenoxy) is 1. The number of pyridine rings is 2. The highest BCUT2D eigenvalue weighted by molar-refractivity contribution is 6.04. The van der Waals surface area contributed by atoms with Crippen molar-refractivity contribution in [3.8, 4) is 23.1 Å². The molecule has 0 aliphatic heterocycles. The molecule has 0 aliphatic carbocycles. The quantitative estimate of drug-likeness (QED) is 0.493. The summed E-state index contributed by atoms with van der Waals surface area (Å²) in [5.74, 6) is 1.81. The van der Waals surface area contributed by atoms with Crippen LogP contribution in [0, 0.1) is 6.92 Å². The molecule has 0 spiro atoms. The van der Waals surface area contributed by atoms with Gasteiger partial charge in [0.1, 0.15) is 23.6 Å². The zero-order chi connectivity index (χ0) is 21.8. The SMILES string of the molecule is Cc1ccc(C(=O)Nc2cccc(-c3nncn3C(C)C)n2)cc1Oc1ccccn1. The molecule has 0 bridgehead atoms. The summed E-state index contributed by atoms with van der Waals surface area (Å²) in [7, 11) is 0. The molecule has 0 radical (unpaired) electrons. The first-order valence-corrected chi connectivity index (χ1v) is 9.89. The molecule has 1 amide bonds. The minimum atomic E-state index is -0.291. The van der Waals surface area contributed by atoms with Gasteiger partial charge < -0.3 is 14.6 Å². The Morgan fingerprint density at radius 2 is 1.97 bits per heavy atom. The lowest BCUT2D eigenvalue weighted by Gasteiger charge is -2.12. The lowest BCUT2D eigenvalue weighted by atomic mass is 10.1. The Labute approximate surface area is 180 Å². The normalized spacial score (nSPS) is 10.8. The van der Waals surface area contributed by atoms with Gasteiger partial charge in [-0.15, -0.1) is 10.2 Å². The van der Waals surface area contributed by atoms with Crippen molar-refractivity contribution in [1.29, 1.82) is 0 Å². The second kappa shape index (κ2) is 8.74. The summed E-state index contributed by atoms with van der Waals surface area (Å²) in [6, 6.07) is 16.3. The van der Waals surface area contributed by atoms with E-state index in [1.807, 2.05) is 55.7 Å². The number of nitrogens with zero attached hydrogens (tertiary/aromatic N) is 5. The van der Waals surface area contributed by atoms with Crippen LogP contribution < -0.4 is 10.1 Å². The Bertz CT molecular complexity index is 1200. The standard InChI is InChI=1S/C23H22N6O2/c1-15(2)29-14-25-28-22(29)18-7-6-8-20(26-18)27-23(30)17-11-10-16(3)19(13-17)31-21-9-4-5-12-24-21/h4-15H,1-3H3,(H,26,27,30). The summed E-state index contributed by atoms with van der Waals surface area (Å²) in [6.07, 6.45) is 3.32. The molecular weight excluding hydrogens is 392 g/mol. The largest absolute Gasteiger partial charge is 0.439 e. The highest BCUT2D eigenvalue weighted by Crippen LogP contribution is 2.25. The van der Waals surface area contributed by atoms with Crippen molar-refractivity contribution in [3.05, 3.63) is 78.2 Å². The molecule has 8 nitrogen and oxygen atoms in total. The van der Waals surface area contributed by atoms with E-state index < -0.39 is 0 Å². The van der Waals surface area contributed by atoms with Crippen LogP contribution in [0.3, 0.4) is 0 Å². The van der Waals surface area contributed by atoms with Gasteiger partial charge >= 0.3 is 0 Å². The van der Waals surface area contributed by atoms with Crippen molar-refractivity contribution in [2.45, 2.75) is 26.8 Å². The summed E-state index contributed by atoms with van der Waals surface area (Å²) in [4.78, 5) is 21.5. The number of hydrogen-bond acceptors (Lipinski definition) is 6. The second-order valence-corrected chi connectivity index (χ2v) is 7.27. The number of carbonyl (C=O) groups is 1. The summed E-state index contributed by atoms with van der Waals surface area (Å²) in [5.41, 5.74) is 1.98.